The van der Waals surface area contributed by atoms with Gasteiger partial charge in [-0.1, -0.05) is 20.8 Å². The van der Waals surface area contributed by atoms with E-state index in [2.05, 4.69) is 0 Å². The predicted octanol–water partition coefficient (Wildman–Crippen LogP) is 1.72. The van der Waals surface area contributed by atoms with Gasteiger partial charge in [0.15, 0.2) is 5.78 Å². The van der Waals surface area contributed by atoms with Crippen LogP contribution in [-0.4, -0.2) is 18.4 Å². The Labute approximate surface area is 84.1 Å². The molecule has 1 rings (SSSR count). The van der Waals surface area contributed by atoms with E-state index in [1.54, 1.807) is 6.08 Å². The number of carbonyl (C=O) groups excluding carboxylic acids is 2. The molecule has 14 heavy (non-hydrogen) atoms. The summed E-state index contributed by atoms with van der Waals surface area (Å²) >= 11 is 0. The highest BCUT2D eigenvalue weighted by atomic mass is 16.5. The highest BCUT2D eigenvalue weighted by Crippen LogP contribution is 2.40. The van der Waals surface area contributed by atoms with Crippen LogP contribution in [0.25, 0.3) is 0 Å². The first-order valence-corrected chi connectivity index (χ1v) is 4.74. The molecule has 0 amide bonds. The first kappa shape index (κ1) is 11.0. The van der Waals surface area contributed by atoms with Crippen LogP contribution in [0, 0.1) is 11.3 Å². The Morgan fingerprint density at radius 1 is 1.57 bits per heavy atom. The van der Waals surface area contributed by atoms with Crippen molar-refractivity contribution in [3.63, 3.8) is 0 Å². The molecule has 0 saturated carbocycles. The predicted molar refractivity (Wildman–Crippen MR) is 52.7 cm³/mol. The van der Waals surface area contributed by atoms with Crippen molar-refractivity contribution in [2.24, 2.45) is 11.3 Å². The van der Waals surface area contributed by atoms with Crippen LogP contribution in [0.4, 0.5) is 0 Å². The molecule has 78 valence electrons. The lowest BCUT2D eigenvalue weighted by Gasteiger charge is -2.26. The fraction of sp³-hybridized carbons (Fsp3) is 0.636. The summed E-state index contributed by atoms with van der Waals surface area (Å²) in [6.07, 6.45) is 1.60. The SMILES string of the molecule is CC(=O)OCC1=CC(=O)C(C)C1(C)C. The molecular weight excluding hydrogens is 180 g/mol. The van der Waals surface area contributed by atoms with Crippen LogP contribution in [0.2, 0.25) is 0 Å². The van der Waals surface area contributed by atoms with Gasteiger partial charge in [0.25, 0.3) is 0 Å². The van der Waals surface area contributed by atoms with Gasteiger partial charge in [0.1, 0.15) is 6.61 Å². The fourth-order valence-electron chi connectivity index (χ4n) is 1.52. The molecule has 0 aromatic carbocycles. The molecule has 1 unspecified atom stereocenters. The van der Waals surface area contributed by atoms with Gasteiger partial charge < -0.3 is 4.74 Å². The van der Waals surface area contributed by atoms with E-state index in [0.717, 1.165) is 5.57 Å². The zero-order valence-electron chi connectivity index (χ0n) is 9.09. The Kier molecular flexibility index (Phi) is 2.79. The second-order valence-corrected chi connectivity index (χ2v) is 4.30. The Morgan fingerprint density at radius 3 is 2.50 bits per heavy atom. The van der Waals surface area contributed by atoms with Crippen molar-refractivity contribution in [3.8, 4) is 0 Å². The van der Waals surface area contributed by atoms with Crippen LogP contribution in [0.5, 0.6) is 0 Å². The van der Waals surface area contributed by atoms with Gasteiger partial charge in [-0.15, -0.1) is 0 Å². The minimum absolute atomic E-state index is 0.0203. The van der Waals surface area contributed by atoms with Gasteiger partial charge in [-0.2, -0.15) is 0 Å². The zero-order chi connectivity index (χ0) is 10.9. The second kappa shape index (κ2) is 3.56. The second-order valence-electron chi connectivity index (χ2n) is 4.30. The molecule has 0 fully saturated rings. The molecule has 0 aromatic rings. The molecule has 1 atom stereocenters. The van der Waals surface area contributed by atoms with Crippen molar-refractivity contribution in [1.29, 1.82) is 0 Å². The smallest absolute Gasteiger partial charge is 0.302 e. The van der Waals surface area contributed by atoms with Crippen LogP contribution < -0.4 is 0 Å². The van der Waals surface area contributed by atoms with Gasteiger partial charge in [-0.25, -0.2) is 0 Å². The Bertz CT molecular complexity index is 300. The van der Waals surface area contributed by atoms with Crippen molar-refractivity contribution in [1.82, 2.24) is 0 Å². The van der Waals surface area contributed by atoms with Gasteiger partial charge >= 0.3 is 5.97 Å². The number of rotatable bonds is 2. The average Bonchev–Trinajstić information content (AvgIpc) is 2.26. The van der Waals surface area contributed by atoms with E-state index < -0.39 is 0 Å². The summed E-state index contributed by atoms with van der Waals surface area (Å²) in [7, 11) is 0. The molecule has 1 aliphatic carbocycles. The lowest BCUT2D eigenvalue weighted by Crippen LogP contribution is -2.24. The molecular formula is C11H16O3. The summed E-state index contributed by atoms with van der Waals surface area (Å²) < 4.78 is 4.90. The Morgan fingerprint density at radius 2 is 2.14 bits per heavy atom. The van der Waals surface area contributed by atoms with Gasteiger partial charge in [0.2, 0.25) is 0 Å². The Hall–Kier alpha value is -1.12. The average molecular weight is 196 g/mol. The van der Waals surface area contributed by atoms with Crippen LogP contribution in [0.3, 0.4) is 0 Å². The fourth-order valence-corrected chi connectivity index (χ4v) is 1.52. The van der Waals surface area contributed by atoms with Gasteiger partial charge in [0, 0.05) is 12.8 Å². The maximum absolute atomic E-state index is 11.4. The number of esters is 1. The number of ether oxygens (including phenoxy) is 1. The highest BCUT2D eigenvalue weighted by molar-refractivity contribution is 5.96. The number of ketones is 1. The summed E-state index contributed by atoms with van der Waals surface area (Å²) in [5.74, 6) is -0.209. The van der Waals surface area contributed by atoms with Gasteiger partial charge in [0.05, 0.1) is 0 Å². The first-order chi connectivity index (χ1) is 6.35. The van der Waals surface area contributed by atoms with Gasteiger partial charge in [-0.3, -0.25) is 9.59 Å². The maximum atomic E-state index is 11.4. The van der Waals surface area contributed by atoms with E-state index >= 15 is 0 Å². The normalized spacial score (nSPS) is 24.7. The summed E-state index contributed by atoms with van der Waals surface area (Å²) in [6.45, 7) is 7.50. The van der Waals surface area contributed by atoms with Gasteiger partial charge in [-0.05, 0) is 17.1 Å². The number of carbonyl (C=O) groups is 2. The molecule has 3 nitrogen and oxygen atoms in total. The molecule has 0 saturated heterocycles. The van der Waals surface area contributed by atoms with Crippen LogP contribution >= 0.6 is 0 Å². The van der Waals surface area contributed by atoms with E-state index in [4.69, 9.17) is 4.74 Å². The minimum Gasteiger partial charge on any atom is -0.461 e. The Balaban J connectivity index is 2.74. The standard InChI is InChI=1S/C11H16O3/c1-7-10(13)5-9(11(7,3)4)6-14-8(2)12/h5,7H,6H2,1-4H3. The topological polar surface area (TPSA) is 43.4 Å². The third kappa shape index (κ3) is 1.86. The lowest BCUT2D eigenvalue weighted by atomic mass is 9.78. The molecule has 0 aromatic heterocycles. The van der Waals surface area contributed by atoms with Crippen molar-refractivity contribution in [3.05, 3.63) is 11.6 Å². The summed E-state index contributed by atoms with van der Waals surface area (Å²) in [5.41, 5.74) is 0.720. The first-order valence-electron chi connectivity index (χ1n) is 4.74. The monoisotopic (exact) mass is 196 g/mol. The molecule has 0 bridgehead atoms. The summed E-state index contributed by atoms with van der Waals surface area (Å²) in [4.78, 5) is 22.1. The molecule has 0 N–H and O–H groups in total. The third-order valence-electron chi connectivity index (χ3n) is 3.08. The quantitative estimate of drug-likeness (QED) is 0.631. The number of hydrogen-bond donors (Lipinski definition) is 0. The van der Waals surface area contributed by atoms with Crippen molar-refractivity contribution in [2.75, 3.05) is 6.61 Å². The minimum atomic E-state index is -0.311. The van der Waals surface area contributed by atoms with Crippen LogP contribution in [-0.2, 0) is 14.3 Å². The number of allylic oxidation sites excluding steroid dienone is 1. The third-order valence-corrected chi connectivity index (χ3v) is 3.08. The van der Waals surface area contributed by atoms with Crippen LogP contribution in [0.1, 0.15) is 27.7 Å². The molecule has 0 spiro atoms. The van der Waals surface area contributed by atoms with E-state index in [-0.39, 0.29) is 29.7 Å². The number of hydrogen-bond acceptors (Lipinski definition) is 3. The zero-order valence-corrected chi connectivity index (χ0v) is 9.09. The lowest BCUT2D eigenvalue weighted by molar-refractivity contribution is -0.140. The van der Waals surface area contributed by atoms with Crippen molar-refractivity contribution in [2.45, 2.75) is 27.7 Å². The van der Waals surface area contributed by atoms with E-state index in [0.29, 0.717) is 0 Å². The molecule has 1 aliphatic rings. The highest BCUT2D eigenvalue weighted by Gasteiger charge is 2.39. The molecule has 0 heterocycles. The maximum Gasteiger partial charge on any atom is 0.302 e. The molecule has 3 heteroatoms. The largest absolute Gasteiger partial charge is 0.461 e. The summed E-state index contributed by atoms with van der Waals surface area (Å²) in [5, 5.41) is 0. The van der Waals surface area contributed by atoms with Crippen molar-refractivity contribution < 1.29 is 14.3 Å². The van der Waals surface area contributed by atoms with E-state index in [1.807, 2.05) is 20.8 Å². The van der Waals surface area contributed by atoms with Crippen molar-refractivity contribution >= 4 is 11.8 Å². The van der Waals surface area contributed by atoms with E-state index in [9.17, 15) is 9.59 Å². The molecule has 0 radical (unpaired) electrons. The molecule has 0 aliphatic heterocycles. The van der Waals surface area contributed by atoms with E-state index in [1.165, 1.54) is 6.92 Å². The summed E-state index contributed by atoms with van der Waals surface area (Å²) in [6, 6.07) is 0. The van der Waals surface area contributed by atoms with Crippen LogP contribution in [0.15, 0.2) is 11.6 Å².